The van der Waals surface area contributed by atoms with Gasteiger partial charge in [-0.05, 0) is 18.2 Å². The van der Waals surface area contributed by atoms with Crippen LogP contribution in [-0.4, -0.2) is 14.1 Å². The second-order valence-corrected chi connectivity index (χ2v) is 3.81. The third-order valence-corrected chi connectivity index (χ3v) is 2.65. The molecule has 0 aliphatic carbocycles. The van der Waals surface area contributed by atoms with E-state index in [1.807, 2.05) is 29.0 Å². The van der Waals surface area contributed by atoms with Crippen molar-refractivity contribution in [2.75, 3.05) is 0 Å². The molecule has 1 radical (unpaired) electrons. The van der Waals surface area contributed by atoms with Crippen molar-refractivity contribution < 1.29 is 0 Å². The highest BCUT2D eigenvalue weighted by Crippen LogP contribution is 2.11. The van der Waals surface area contributed by atoms with Crippen LogP contribution in [0.4, 0.5) is 0 Å². The summed E-state index contributed by atoms with van der Waals surface area (Å²) in [5.74, 6) is 0. The Hall–Kier alpha value is -2.62. The second-order valence-electron chi connectivity index (χ2n) is 3.81. The van der Waals surface area contributed by atoms with Gasteiger partial charge in [-0.3, -0.25) is 9.36 Å². The van der Waals surface area contributed by atoms with Crippen molar-refractivity contribution in [2.45, 2.75) is 0 Å². The molecular formula is C14H10N3O. The maximum atomic E-state index is 11.8. The van der Waals surface area contributed by atoms with E-state index in [4.69, 9.17) is 0 Å². The molecule has 87 valence electrons. The summed E-state index contributed by atoms with van der Waals surface area (Å²) in [4.78, 5) is 15.7. The maximum Gasteiger partial charge on any atom is 0.255 e. The van der Waals surface area contributed by atoms with Gasteiger partial charge in [-0.25, -0.2) is 4.98 Å². The molecule has 3 rings (SSSR count). The molecule has 0 unspecified atom stereocenters. The van der Waals surface area contributed by atoms with Crippen LogP contribution in [0.1, 0.15) is 0 Å². The van der Waals surface area contributed by atoms with Crippen LogP contribution in [0, 0.1) is 6.07 Å². The highest BCUT2D eigenvalue weighted by Gasteiger charge is 2.01. The molecular weight excluding hydrogens is 226 g/mol. The zero-order chi connectivity index (χ0) is 12.4. The first-order chi connectivity index (χ1) is 8.84. The molecule has 0 aliphatic rings. The van der Waals surface area contributed by atoms with E-state index in [1.54, 1.807) is 35.4 Å². The lowest BCUT2D eigenvalue weighted by molar-refractivity contribution is 0.977. The summed E-state index contributed by atoms with van der Waals surface area (Å²) in [7, 11) is 0. The smallest absolute Gasteiger partial charge is 0.255 e. The van der Waals surface area contributed by atoms with Crippen molar-refractivity contribution in [1.29, 1.82) is 0 Å². The predicted octanol–water partition coefficient (Wildman–Crippen LogP) is 1.82. The molecule has 0 amide bonds. The van der Waals surface area contributed by atoms with Crippen molar-refractivity contribution >= 4 is 0 Å². The van der Waals surface area contributed by atoms with Crippen LogP contribution in [0.5, 0.6) is 0 Å². The SMILES string of the molecule is O=c1ccccn1-c1cc[c]c(-n2ccnc2)c1. The van der Waals surface area contributed by atoms with Gasteiger partial charge in [0.15, 0.2) is 0 Å². The van der Waals surface area contributed by atoms with Crippen LogP contribution < -0.4 is 5.56 Å². The molecule has 2 heterocycles. The number of rotatable bonds is 2. The largest absolute Gasteiger partial charge is 0.306 e. The van der Waals surface area contributed by atoms with Gasteiger partial charge in [0.05, 0.1) is 17.7 Å². The van der Waals surface area contributed by atoms with Crippen LogP contribution in [0.2, 0.25) is 0 Å². The normalized spacial score (nSPS) is 10.4. The van der Waals surface area contributed by atoms with Gasteiger partial charge in [0.1, 0.15) is 0 Å². The predicted molar refractivity (Wildman–Crippen MR) is 68.0 cm³/mol. The van der Waals surface area contributed by atoms with Crippen molar-refractivity contribution in [3.05, 3.63) is 77.7 Å². The molecule has 4 nitrogen and oxygen atoms in total. The minimum Gasteiger partial charge on any atom is -0.306 e. The quantitative estimate of drug-likeness (QED) is 0.681. The third-order valence-electron chi connectivity index (χ3n) is 2.65. The Labute approximate surface area is 104 Å². The average molecular weight is 236 g/mol. The van der Waals surface area contributed by atoms with Gasteiger partial charge in [-0.2, -0.15) is 0 Å². The zero-order valence-corrected chi connectivity index (χ0v) is 9.52. The van der Waals surface area contributed by atoms with E-state index in [0.29, 0.717) is 0 Å². The fraction of sp³-hybridized carbons (Fsp3) is 0. The number of pyridine rings is 1. The number of aromatic nitrogens is 3. The maximum absolute atomic E-state index is 11.8. The summed E-state index contributed by atoms with van der Waals surface area (Å²) in [5.41, 5.74) is 1.60. The van der Waals surface area contributed by atoms with E-state index in [0.717, 1.165) is 11.4 Å². The Bertz CT molecular complexity index is 714. The minimum atomic E-state index is -0.0553. The topological polar surface area (TPSA) is 39.8 Å². The van der Waals surface area contributed by atoms with Crippen LogP contribution in [-0.2, 0) is 0 Å². The van der Waals surface area contributed by atoms with Crippen molar-refractivity contribution in [3.63, 3.8) is 0 Å². The Morgan fingerprint density at radius 1 is 1.17 bits per heavy atom. The van der Waals surface area contributed by atoms with E-state index in [2.05, 4.69) is 11.1 Å². The zero-order valence-electron chi connectivity index (χ0n) is 9.52. The number of hydrogen-bond acceptors (Lipinski definition) is 2. The van der Waals surface area contributed by atoms with Crippen molar-refractivity contribution in [3.8, 4) is 11.4 Å². The standard InChI is InChI=1S/C14H10N3O/c18-14-6-1-2-8-17(14)13-5-3-4-12(10-13)16-9-7-15-11-16/h1-3,5-11H. The van der Waals surface area contributed by atoms with Crippen LogP contribution in [0.3, 0.4) is 0 Å². The van der Waals surface area contributed by atoms with Gasteiger partial charge in [0.2, 0.25) is 0 Å². The third kappa shape index (κ3) is 1.84. The van der Waals surface area contributed by atoms with Gasteiger partial charge in [-0.1, -0.05) is 12.1 Å². The molecule has 0 spiro atoms. The van der Waals surface area contributed by atoms with Crippen molar-refractivity contribution in [2.24, 2.45) is 0 Å². The van der Waals surface area contributed by atoms with Crippen LogP contribution in [0.15, 0.2) is 66.1 Å². The van der Waals surface area contributed by atoms with Gasteiger partial charge < -0.3 is 4.57 Å². The fourth-order valence-corrected chi connectivity index (χ4v) is 1.78. The second kappa shape index (κ2) is 4.33. The number of imidazole rings is 1. The minimum absolute atomic E-state index is 0.0553. The summed E-state index contributed by atoms with van der Waals surface area (Å²) < 4.78 is 3.44. The van der Waals surface area contributed by atoms with E-state index < -0.39 is 0 Å². The molecule has 0 atom stereocenters. The first kappa shape index (κ1) is 10.5. The first-order valence-corrected chi connectivity index (χ1v) is 5.53. The lowest BCUT2D eigenvalue weighted by Crippen LogP contribution is -2.15. The molecule has 3 aromatic rings. The Morgan fingerprint density at radius 3 is 2.89 bits per heavy atom. The lowest BCUT2D eigenvalue weighted by Gasteiger charge is -2.07. The monoisotopic (exact) mass is 236 g/mol. The highest BCUT2D eigenvalue weighted by atomic mass is 16.1. The van der Waals surface area contributed by atoms with E-state index in [-0.39, 0.29) is 5.56 Å². The fourth-order valence-electron chi connectivity index (χ4n) is 1.78. The first-order valence-electron chi connectivity index (χ1n) is 5.53. The van der Waals surface area contributed by atoms with E-state index in [9.17, 15) is 4.79 Å². The molecule has 2 aromatic heterocycles. The van der Waals surface area contributed by atoms with Crippen molar-refractivity contribution in [1.82, 2.24) is 14.1 Å². The van der Waals surface area contributed by atoms with Gasteiger partial charge in [0, 0.05) is 30.7 Å². The highest BCUT2D eigenvalue weighted by molar-refractivity contribution is 5.43. The molecule has 18 heavy (non-hydrogen) atoms. The lowest BCUT2D eigenvalue weighted by atomic mass is 10.2. The molecule has 0 fully saturated rings. The molecule has 0 aliphatic heterocycles. The molecule has 0 N–H and O–H groups in total. The number of hydrogen-bond donors (Lipinski definition) is 0. The average Bonchev–Trinajstić information content (AvgIpc) is 2.93. The van der Waals surface area contributed by atoms with Gasteiger partial charge in [-0.15, -0.1) is 0 Å². The molecule has 0 bridgehead atoms. The number of nitrogens with zero attached hydrogens (tertiary/aromatic N) is 3. The van der Waals surface area contributed by atoms with Crippen LogP contribution in [0.25, 0.3) is 11.4 Å². The molecule has 0 saturated heterocycles. The molecule has 4 heteroatoms. The summed E-state index contributed by atoms with van der Waals surface area (Å²) in [6.07, 6.45) is 6.98. The Balaban J connectivity index is 2.13. The van der Waals surface area contributed by atoms with Crippen LogP contribution >= 0.6 is 0 Å². The van der Waals surface area contributed by atoms with E-state index in [1.165, 1.54) is 6.07 Å². The Kier molecular flexibility index (Phi) is 2.53. The summed E-state index contributed by atoms with van der Waals surface area (Å²) in [6, 6.07) is 13.7. The van der Waals surface area contributed by atoms with E-state index >= 15 is 0 Å². The number of benzene rings is 1. The summed E-state index contributed by atoms with van der Waals surface area (Å²) >= 11 is 0. The summed E-state index contributed by atoms with van der Waals surface area (Å²) in [5, 5.41) is 0. The Morgan fingerprint density at radius 2 is 2.11 bits per heavy atom. The van der Waals surface area contributed by atoms with Gasteiger partial charge in [0.25, 0.3) is 5.56 Å². The molecule has 0 saturated carbocycles. The van der Waals surface area contributed by atoms with Gasteiger partial charge >= 0.3 is 0 Å². The summed E-state index contributed by atoms with van der Waals surface area (Å²) in [6.45, 7) is 0. The molecule has 1 aromatic carbocycles.